The molecule has 3 heterocycles. The Morgan fingerprint density at radius 3 is 2.43 bits per heavy atom. The molecular weight excluding hydrogens is 576 g/mol. The molecule has 0 spiro atoms. The Bertz CT molecular complexity index is 1470. The molecule has 42 heavy (non-hydrogen) atoms. The Kier molecular flexibility index (Phi) is 8.96. The topological polar surface area (TPSA) is 151 Å². The van der Waals surface area contributed by atoms with Crippen LogP contribution in [0.15, 0.2) is 24.4 Å². The summed E-state index contributed by atoms with van der Waals surface area (Å²) >= 11 is 0.708. The predicted molar refractivity (Wildman–Crippen MR) is 151 cm³/mol. The molecule has 1 atom stereocenters. The zero-order chi connectivity index (χ0) is 30.8. The molecule has 2 aromatic heterocycles. The molecule has 16 heteroatoms. The van der Waals surface area contributed by atoms with E-state index < -0.39 is 47.0 Å². The third kappa shape index (κ3) is 6.94. The molecule has 3 aromatic rings. The van der Waals surface area contributed by atoms with Gasteiger partial charge in [-0.15, -0.1) is 0 Å². The van der Waals surface area contributed by atoms with Crippen molar-refractivity contribution in [2.75, 3.05) is 48.8 Å². The molecule has 0 radical (unpaired) electrons. The van der Waals surface area contributed by atoms with Crippen molar-refractivity contribution in [1.82, 2.24) is 19.7 Å². The van der Waals surface area contributed by atoms with Gasteiger partial charge in [0.1, 0.15) is 32.9 Å². The normalized spacial score (nSPS) is 15.7. The van der Waals surface area contributed by atoms with Gasteiger partial charge in [0.15, 0.2) is 11.5 Å². The first-order valence-corrected chi connectivity index (χ1v) is 13.6. The molecule has 226 valence electrons. The summed E-state index contributed by atoms with van der Waals surface area (Å²) in [4.78, 5) is 45.0. The van der Waals surface area contributed by atoms with E-state index in [-0.39, 0.29) is 41.0 Å². The monoisotopic (exact) mass is 607 g/mol. The highest BCUT2D eigenvalue weighted by molar-refractivity contribution is 7.19. The molecule has 4 rings (SSSR count). The lowest BCUT2D eigenvalue weighted by molar-refractivity contribution is 0.0636. The number of methoxy groups -OCH3 is 1. The van der Waals surface area contributed by atoms with E-state index in [1.807, 2.05) is 4.90 Å². The van der Waals surface area contributed by atoms with Crippen molar-refractivity contribution < 1.29 is 37.7 Å². The number of hydrogen-bond donors (Lipinski definition) is 3. The highest BCUT2D eigenvalue weighted by atomic mass is 32.1. The molecule has 1 saturated heterocycles. The van der Waals surface area contributed by atoms with Crippen molar-refractivity contribution >= 4 is 45.9 Å². The molecule has 1 fully saturated rings. The number of nitrogens with one attached hydrogen (secondary N) is 2. The first-order chi connectivity index (χ1) is 19.8. The minimum absolute atomic E-state index is 0.0869. The van der Waals surface area contributed by atoms with E-state index in [9.17, 15) is 28.3 Å². The van der Waals surface area contributed by atoms with Crippen LogP contribution < -0.4 is 15.5 Å². The Morgan fingerprint density at radius 1 is 1.12 bits per heavy atom. The second kappa shape index (κ2) is 12.3. The second-order valence-electron chi connectivity index (χ2n) is 10.4. The number of carboxylic acid groups (broad SMARTS) is 1. The molecule has 1 unspecified atom stereocenters. The highest BCUT2D eigenvalue weighted by Gasteiger charge is 2.30. The van der Waals surface area contributed by atoms with Crippen LogP contribution in [0.4, 0.5) is 34.9 Å². The maximum atomic E-state index is 14.6. The average molecular weight is 608 g/mol. The second-order valence-corrected chi connectivity index (χ2v) is 11.4. The van der Waals surface area contributed by atoms with Crippen LogP contribution in [0.5, 0.6) is 0 Å². The maximum Gasteiger partial charge on any atom is 0.412 e. The summed E-state index contributed by atoms with van der Waals surface area (Å²) in [6, 6.07) is 3.32. The van der Waals surface area contributed by atoms with Crippen molar-refractivity contribution in [2.24, 2.45) is 7.05 Å². The summed E-state index contributed by atoms with van der Waals surface area (Å²) in [7, 11) is 3.14. The van der Waals surface area contributed by atoms with Gasteiger partial charge in [-0.3, -0.25) is 14.8 Å². The average Bonchev–Trinajstić information content (AvgIpc) is 3.37. The number of rotatable bonds is 6. The standard InChI is InChI=1S/C26H31F2N7O6S/c1-26(2,3)41-24(37)32-22-19(31-21(42-22)18-15(27)7-6-8-16(18)28)20(36)30-17-11-29-33(4)23(17)34-9-10-35(25(38)39)13-14(12-34)40-5/h6-8,11,14H,9-10,12-13H2,1-5H3,(H,30,36)(H,32,37)(H,38,39). The number of carbonyl (C=O) groups is 3. The number of carbonyl (C=O) groups excluding carboxylic acids is 2. The quantitative estimate of drug-likeness (QED) is 0.374. The van der Waals surface area contributed by atoms with E-state index >= 15 is 0 Å². The fourth-order valence-corrected chi connectivity index (χ4v) is 5.33. The zero-order valence-electron chi connectivity index (χ0n) is 23.6. The van der Waals surface area contributed by atoms with Gasteiger partial charge < -0.3 is 29.7 Å². The van der Waals surface area contributed by atoms with Gasteiger partial charge in [-0.2, -0.15) is 5.10 Å². The Hall–Kier alpha value is -4.31. The lowest BCUT2D eigenvalue weighted by Crippen LogP contribution is -2.37. The van der Waals surface area contributed by atoms with Crippen LogP contribution in [-0.4, -0.2) is 87.9 Å². The summed E-state index contributed by atoms with van der Waals surface area (Å²) in [6.07, 6.45) is -1.02. The first kappa shape index (κ1) is 30.6. The molecule has 3 N–H and O–H groups in total. The third-order valence-corrected chi connectivity index (χ3v) is 7.17. The number of benzene rings is 1. The van der Waals surface area contributed by atoms with Gasteiger partial charge in [-0.1, -0.05) is 17.4 Å². The zero-order valence-corrected chi connectivity index (χ0v) is 24.4. The summed E-state index contributed by atoms with van der Waals surface area (Å²) in [5.74, 6) is -2.11. The number of anilines is 3. The van der Waals surface area contributed by atoms with E-state index in [2.05, 4.69) is 20.7 Å². The van der Waals surface area contributed by atoms with E-state index in [0.29, 0.717) is 23.7 Å². The van der Waals surface area contributed by atoms with Gasteiger partial charge >= 0.3 is 12.2 Å². The van der Waals surface area contributed by atoms with Crippen LogP contribution in [0.25, 0.3) is 10.6 Å². The highest BCUT2D eigenvalue weighted by Crippen LogP contribution is 2.36. The van der Waals surface area contributed by atoms with Crippen LogP contribution in [0.2, 0.25) is 0 Å². The number of ether oxygens (including phenoxy) is 2. The smallest absolute Gasteiger partial charge is 0.412 e. The number of hydrogen-bond acceptors (Lipinski definition) is 9. The van der Waals surface area contributed by atoms with Crippen LogP contribution in [0.3, 0.4) is 0 Å². The van der Waals surface area contributed by atoms with Crippen molar-refractivity contribution in [3.05, 3.63) is 41.7 Å². The van der Waals surface area contributed by atoms with Crippen LogP contribution in [-0.2, 0) is 16.5 Å². The molecule has 13 nitrogen and oxygen atoms in total. The fraction of sp³-hybridized carbons (Fsp3) is 0.423. The van der Waals surface area contributed by atoms with Crippen molar-refractivity contribution in [2.45, 2.75) is 32.5 Å². The van der Waals surface area contributed by atoms with Crippen LogP contribution in [0, 0.1) is 11.6 Å². The third-order valence-electron chi connectivity index (χ3n) is 6.18. The molecule has 3 amide bonds. The van der Waals surface area contributed by atoms with Crippen molar-refractivity contribution in [3.8, 4) is 10.6 Å². The van der Waals surface area contributed by atoms with Crippen LogP contribution >= 0.6 is 11.3 Å². The number of aromatic nitrogens is 3. The van der Waals surface area contributed by atoms with Crippen molar-refractivity contribution in [3.63, 3.8) is 0 Å². The fourth-order valence-electron chi connectivity index (χ4n) is 4.33. The van der Waals surface area contributed by atoms with Crippen molar-refractivity contribution in [1.29, 1.82) is 0 Å². The SMILES string of the molecule is COC1CN(C(=O)O)CCN(c2c(NC(=O)c3nc(-c4c(F)cccc4F)sc3NC(=O)OC(C)(C)C)cnn2C)C1. The van der Waals surface area contributed by atoms with E-state index in [1.54, 1.807) is 27.8 Å². The summed E-state index contributed by atoms with van der Waals surface area (Å²) in [6.45, 7) is 5.91. The number of aryl methyl sites for hydroxylation is 1. The van der Waals surface area contributed by atoms with Gasteiger partial charge in [0.2, 0.25) is 0 Å². The van der Waals surface area contributed by atoms with Gasteiger partial charge in [0.25, 0.3) is 5.91 Å². The molecule has 0 aliphatic carbocycles. The Balaban J connectivity index is 1.67. The summed E-state index contributed by atoms with van der Waals surface area (Å²) in [5, 5.41) is 18.7. The van der Waals surface area contributed by atoms with E-state index in [4.69, 9.17) is 9.47 Å². The van der Waals surface area contributed by atoms with E-state index in [1.165, 1.54) is 29.0 Å². The summed E-state index contributed by atoms with van der Waals surface area (Å²) in [5.41, 5.74) is -1.35. The molecule has 0 saturated carbocycles. The van der Waals surface area contributed by atoms with Gasteiger partial charge in [0, 0.05) is 33.8 Å². The molecule has 0 bridgehead atoms. The van der Waals surface area contributed by atoms with Gasteiger partial charge in [0.05, 0.1) is 24.4 Å². The summed E-state index contributed by atoms with van der Waals surface area (Å²) < 4.78 is 41.5. The molecule has 1 aliphatic heterocycles. The van der Waals surface area contributed by atoms with Crippen LogP contribution in [0.1, 0.15) is 31.3 Å². The first-order valence-electron chi connectivity index (χ1n) is 12.8. The number of thiazole rings is 1. The molecule has 1 aromatic carbocycles. The lowest BCUT2D eigenvalue weighted by Gasteiger charge is -2.26. The maximum absolute atomic E-state index is 14.6. The van der Waals surface area contributed by atoms with E-state index in [0.717, 1.165) is 12.1 Å². The lowest BCUT2D eigenvalue weighted by atomic mass is 10.2. The Morgan fingerprint density at radius 2 is 1.81 bits per heavy atom. The predicted octanol–water partition coefficient (Wildman–Crippen LogP) is 4.24. The Labute approximate surface area is 244 Å². The minimum Gasteiger partial charge on any atom is -0.465 e. The van der Waals surface area contributed by atoms with Gasteiger partial charge in [-0.05, 0) is 32.9 Å². The molecular formula is C26H31F2N7O6S. The number of amides is 3. The number of nitrogens with zero attached hydrogens (tertiary/aromatic N) is 5. The van der Waals surface area contributed by atoms with Gasteiger partial charge in [-0.25, -0.2) is 23.4 Å². The molecule has 1 aliphatic rings. The number of halogens is 2. The minimum atomic E-state index is -1.08. The largest absolute Gasteiger partial charge is 0.465 e.